The van der Waals surface area contributed by atoms with Crippen LogP contribution in [0.3, 0.4) is 0 Å². The van der Waals surface area contributed by atoms with Gasteiger partial charge in [0.25, 0.3) is 0 Å². The third-order valence-electron chi connectivity index (χ3n) is 3.63. The van der Waals surface area contributed by atoms with Gasteiger partial charge < -0.3 is 19.5 Å². The predicted octanol–water partition coefficient (Wildman–Crippen LogP) is 4.20. The fourth-order valence-electron chi connectivity index (χ4n) is 2.31. The number of rotatable bonds is 8. The summed E-state index contributed by atoms with van der Waals surface area (Å²) in [5.74, 6) is 2.21. The van der Waals surface area contributed by atoms with Gasteiger partial charge in [-0.15, -0.1) is 0 Å². The molecule has 0 aliphatic carbocycles. The van der Waals surface area contributed by atoms with Crippen LogP contribution in [-0.4, -0.2) is 31.1 Å². The highest BCUT2D eigenvalue weighted by Gasteiger charge is 2.08. The highest BCUT2D eigenvalue weighted by Crippen LogP contribution is 2.28. The van der Waals surface area contributed by atoms with Crippen molar-refractivity contribution in [2.45, 2.75) is 20.8 Å². The minimum atomic E-state index is 0.399. The zero-order valence-corrected chi connectivity index (χ0v) is 16.9. The predicted molar refractivity (Wildman–Crippen MR) is 113 cm³/mol. The number of ether oxygens (including phenoxy) is 3. The van der Waals surface area contributed by atoms with Crippen molar-refractivity contribution in [2.24, 2.45) is 5.10 Å². The summed E-state index contributed by atoms with van der Waals surface area (Å²) in [6.07, 6.45) is 0. The lowest BCUT2D eigenvalue weighted by Gasteiger charge is -2.13. The Bertz CT molecular complexity index is 792. The third kappa shape index (κ3) is 6.14. The third-order valence-corrected chi connectivity index (χ3v) is 3.83. The minimum absolute atomic E-state index is 0.399. The largest absolute Gasteiger partial charge is 0.497 e. The second-order valence-electron chi connectivity index (χ2n) is 5.52. The van der Waals surface area contributed by atoms with E-state index in [-0.39, 0.29) is 0 Å². The molecular formula is C20H25N3O3S. The van der Waals surface area contributed by atoms with E-state index in [0.29, 0.717) is 24.1 Å². The van der Waals surface area contributed by atoms with Gasteiger partial charge in [-0.3, -0.25) is 5.43 Å². The molecule has 2 rings (SSSR count). The maximum Gasteiger partial charge on any atom is 0.191 e. The first kappa shape index (κ1) is 20.5. The fraction of sp³-hybridized carbons (Fsp3) is 0.300. The van der Waals surface area contributed by atoms with Gasteiger partial charge in [-0.05, 0) is 75.5 Å². The van der Waals surface area contributed by atoms with Gasteiger partial charge in [-0.1, -0.05) is 0 Å². The number of benzene rings is 2. The summed E-state index contributed by atoms with van der Waals surface area (Å²) >= 11 is 5.28. The van der Waals surface area contributed by atoms with E-state index in [4.69, 9.17) is 26.4 Å². The highest BCUT2D eigenvalue weighted by molar-refractivity contribution is 7.80. The van der Waals surface area contributed by atoms with Gasteiger partial charge >= 0.3 is 0 Å². The lowest BCUT2D eigenvalue weighted by molar-refractivity contribution is 0.287. The summed E-state index contributed by atoms with van der Waals surface area (Å²) in [6.45, 7) is 6.92. The lowest BCUT2D eigenvalue weighted by Crippen LogP contribution is -2.24. The Kier molecular flexibility index (Phi) is 7.88. The maximum absolute atomic E-state index is 5.66. The molecule has 2 aromatic rings. The van der Waals surface area contributed by atoms with Gasteiger partial charge in [-0.2, -0.15) is 5.10 Å². The average molecular weight is 388 g/mol. The number of thiocarbonyl (C=S) groups is 1. The molecule has 0 aliphatic heterocycles. The molecule has 0 aromatic heterocycles. The number of hydrogen-bond donors (Lipinski definition) is 2. The van der Waals surface area contributed by atoms with E-state index in [1.54, 1.807) is 7.11 Å². The van der Waals surface area contributed by atoms with Crippen LogP contribution in [0.15, 0.2) is 47.6 Å². The van der Waals surface area contributed by atoms with Crippen LogP contribution in [0.1, 0.15) is 26.3 Å². The molecule has 0 unspecified atom stereocenters. The maximum atomic E-state index is 5.66. The quantitative estimate of drug-likeness (QED) is 0.402. The van der Waals surface area contributed by atoms with Gasteiger partial charge in [0.2, 0.25) is 0 Å². The van der Waals surface area contributed by atoms with Crippen molar-refractivity contribution in [1.29, 1.82) is 0 Å². The summed E-state index contributed by atoms with van der Waals surface area (Å²) in [7, 11) is 1.63. The number of nitrogens with one attached hydrogen (secondary N) is 2. The molecule has 0 fully saturated rings. The average Bonchev–Trinajstić information content (AvgIpc) is 2.68. The molecule has 0 aliphatic rings. The van der Waals surface area contributed by atoms with Crippen LogP contribution in [0.4, 0.5) is 5.69 Å². The molecule has 0 atom stereocenters. The summed E-state index contributed by atoms with van der Waals surface area (Å²) in [5, 5.41) is 7.81. The van der Waals surface area contributed by atoms with E-state index in [1.807, 2.05) is 63.2 Å². The van der Waals surface area contributed by atoms with Crippen molar-refractivity contribution in [2.75, 3.05) is 25.6 Å². The number of nitrogens with zero attached hydrogens (tertiary/aromatic N) is 1. The second-order valence-corrected chi connectivity index (χ2v) is 5.93. The van der Waals surface area contributed by atoms with E-state index in [2.05, 4.69) is 15.8 Å². The first-order chi connectivity index (χ1) is 13.1. The van der Waals surface area contributed by atoms with Crippen molar-refractivity contribution in [3.8, 4) is 17.2 Å². The SMILES string of the molecule is CCOc1ccc(/C(C)=N\NC(=S)Nc2ccc(OC)cc2)cc1OCC. The highest BCUT2D eigenvalue weighted by atomic mass is 32.1. The smallest absolute Gasteiger partial charge is 0.191 e. The molecule has 0 heterocycles. The fourth-order valence-corrected chi connectivity index (χ4v) is 2.47. The van der Waals surface area contributed by atoms with Crippen molar-refractivity contribution in [3.63, 3.8) is 0 Å². The van der Waals surface area contributed by atoms with Crippen molar-refractivity contribution in [1.82, 2.24) is 5.43 Å². The standard InChI is InChI=1S/C20H25N3O3S/c1-5-25-18-12-7-15(13-19(18)26-6-2)14(3)22-23-20(27)21-16-8-10-17(24-4)11-9-16/h7-13H,5-6H2,1-4H3,(H2,21,23,27)/b22-14-. The van der Waals surface area contributed by atoms with E-state index in [0.717, 1.165) is 28.5 Å². The van der Waals surface area contributed by atoms with Gasteiger partial charge in [-0.25, -0.2) is 0 Å². The Morgan fingerprint density at radius 3 is 2.30 bits per heavy atom. The second kappa shape index (κ2) is 10.4. The van der Waals surface area contributed by atoms with Crippen molar-refractivity contribution in [3.05, 3.63) is 48.0 Å². The lowest BCUT2D eigenvalue weighted by atomic mass is 10.1. The van der Waals surface area contributed by atoms with Crippen LogP contribution in [0, 0.1) is 0 Å². The van der Waals surface area contributed by atoms with Crippen LogP contribution in [-0.2, 0) is 0 Å². The van der Waals surface area contributed by atoms with E-state index < -0.39 is 0 Å². The Labute approximate surface area is 165 Å². The molecule has 0 amide bonds. The van der Waals surface area contributed by atoms with E-state index in [1.165, 1.54) is 0 Å². The van der Waals surface area contributed by atoms with Crippen LogP contribution in [0.2, 0.25) is 0 Å². The zero-order valence-electron chi connectivity index (χ0n) is 16.0. The van der Waals surface area contributed by atoms with Gasteiger partial charge in [0.15, 0.2) is 16.6 Å². The van der Waals surface area contributed by atoms with Crippen LogP contribution in [0.5, 0.6) is 17.2 Å². The Hall–Kier alpha value is -2.80. The summed E-state index contributed by atoms with van der Waals surface area (Å²) in [6, 6.07) is 13.2. The number of methoxy groups -OCH3 is 1. The monoisotopic (exact) mass is 387 g/mol. The van der Waals surface area contributed by atoms with Crippen molar-refractivity contribution >= 4 is 28.7 Å². The normalized spacial score (nSPS) is 10.9. The molecule has 0 spiro atoms. The summed E-state index contributed by atoms with van der Waals surface area (Å²) in [5.41, 5.74) is 5.40. The number of hydrogen-bond acceptors (Lipinski definition) is 5. The van der Waals surface area contributed by atoms with Crippen LogP contribution < -0.4 is 25.0 Å². The van der Waals surface area contributed by atoms with E-state index in [9.17, 15) is 0 Å². The molecular weight excluding hydrogens is 362 g/mol. The zero-order chi connectivity index (χ0) is 19.6. The minimum Gasteiger partial charge on any atom is -0.497 e. The molecule has 144 valence electrons. The Balaban J connectivity index is 2.03. The molecule has 6 nitrogen and oxygen atoms in total. The molecule has 2 N–H and O–H groups in total. The van der Waals surface area contributed by atoms with Gasteiger partial charge in [0.1, 0.15) is 5.75 Å². The van der Waals surface area contributed by atoms with Crippen molar-refractivity contribution < 1.29 is 14.2 Å². The molecule has 2 aromatic carbocycles. The van der Waals surface area contributed by atoms with Gasteiger partial charge in [0, 0.05) is 11.3 Å². The molecule has 0 bridgehead atoms. The molecule has 7 heteroatoms. The topological polar surface area (TPSA) is 64.1 Å². The molecule has 0 radical (unpaired) electrons. The summed E-state index contributed by atoms with van der Waals surface area (Å²) in [4.78, 5) is 0. The van der Waals surface area contributed by atoms with Crippen LogP contribution in [0.25, 0.3) is 0 Å². The molecule has 27 heavy (non-hydrogen) atoms. The molecule has 0 saturated heterocycles. The first-order valence-corrected chi connectivity index (χ1v) is 9.13. The van der Waals surface area contributed by atoms with Crippen LogP contribution >= 0.6 is 12.2 Å². The van der Waals surface area contributed by atoms with Gasteiger partial charge in [0.05, 0.1) is 26.0 Å². The Morgan fingerprint density at radius 2 is 1.67 bits per heavy atom. The summed E-state index contributed by atoms with van der Waals surface area (Å²) < 4.78 is 16.4. The Morgan fingerprint density at radius 1 is 1.00 bits per heavy atom. The first-order valence-electron chi connectivity index (χ1n) is 8.72. The number of hydrazone groups is 1. The number of anilines is 1. The molecule has 0 saturated carbocycles. The van der Waals surface area contributed by atoms with E-state index >= 15 is 0 Å².